The summed E-state index contributed by atoms with van der Waals surface area (Å²) in [5, 5.41) is 6.18. The molecule has 0 spiro atoms. The Balaban J connectivity index is 2.20. The van der Waals surface area contributed by atoms with E-state index in [4.69, 9.17) is 0 Å². The fraction of sp³-hybridized carbons (Fsp3) is 0.750. The summed E-state index contributed by atoms with van der Waals surface area (Å²) in [6.07, 6.45) is 3.92. The van der Waals surface area contributed by atoms with Crippen molar-refractivity contribution in [2.75, 3.05) is 32.7 Å². The highest BCUT2D eigenvalue weighted by atomic mass is 16.2. The van der Waals surface area contributed by atoms with Gasteiger partial charge in [-0.25, -0.2) is 4.79 Å². The molecule has 4 nitrogen and oxygen atoms in total. The Labute approximate surface area is 98.1 Å². The molecule has 4 heteroatoms. The van der Waals surface area contributed by atoms with Gasteiger partial charge in [0.2, 0.25) is 0 Å². The van der Waals surface area contributed by atoms with Gasteiger partial charge in [0.25, 0.3) is 0 Å². The first-order valence-electron chi connectivity index (χ1n) is 6.12. The summed E-state index contributed by atoms with van der Waals surface area (Å²) < 4.78 is 0. The van der Waals surface area contributed by atoms with Gasteiger partial charge in [-0.15, -0.1) is 6.58 Å². The van der Waals surface area contributed by atoms with Gasteiger partial charge in [0, 0.05) is 19.6 Å². The largest absolute Gasteiger partial charge is 0.335 e. The van der Waals surface area contributed by atoms with E-state index in [0.717, 1.165) is 44.9 Å². The Morgan fingerprint density at radius 3 is 2.75 bits per heavy atom. The smallest absolute Gasteiger partial charge is 0.317 e. The van der Waals surface area contributed by atoms with E-state index in [0.29, 0.717) is 6.54 Å². The molecule has 0 aromatic rings. The third-order valence-electron chi connectivity index (χ3n) is 2.98. The predicted octanol–water partition coefficient (Wildman–Crippen LogP) is 1.20. The minimum Gasteiger partial charge on any atom is -0.335 e. The molecule has 0 unspecified atom stereocenters. The van der Waals surface area contributed by atoms with Gasteiger partial charge in [-0.1, -0.05) is 13.0 Å². The predicted molar refractivity (Wildman–Crippen MR) is 66.4 cm³/mol. The topological polar surface area (TPSA) is 44.4 Å². The van der Waals surface area contributed by atoms with Crippen molar-refractivity contribution in [3.63, 3.8) is 0 Å². The van der Waals surface area contributed by atoms with E-state index in [1.165, 1.54) is 0 Å². The van der Waals surface area contributed by atoms with Gasteiger partial charge in [0.1, 0.15) is 0 Å². The van der Waals surface area contributed by atoms with Crippen molar-refractivity contribution >= 4 is 6.03 Å². The highest BCUT2D eigenvalue weighted by Crippen LogP contribution is 2.16. The fourth-order valence-corrected chi connectivity index (χ4v) is 1.96. The van der Waals surface area contributed by atoms with Gasteiger partial charge in [0.05, 0.1) is 0 Å². The number of urea groups is 1. The molecule has 1 aliphatic heterocycles. The lowest BCUT2D eigenvalue weighted by Gasteiger charge is -2.32. The molecule has 0 aromatic heterocycles. The van der Waals surface area contributed by atoms with E-state index in [2.05, 4.69) is 24.1 Å². The number of hydrogen-bond acceptors (Lipinski definition) is 2. The number of nitrogens with zero attached hydrogens (tertiary/aromatic N) is 1. The van der Waals surface area contributed by atoms with Crippen LogP contribution in [-0.2, 0) is 0 Å². The minimum atomic E-state index is 0.0433. The molecule has 1 heterocycles. The van der Waals surface area contributed by atoms with Crippen molar-refractivity contribution in [3.8, 4) is 0 Å². The second-order valence-corrected chi connectivity index (χ2v) is 4.21. The van der Waals surface area contributed by atoms with Crippen molar-refractivity contribution in [1.29, 1.82) is 0 Å². The lowest BCUT2D eigenvalue weighted by atomic mass is 9.97. The summed E-state index contributed by atoms with van der Waals surface area (Å²) in [4.78, 5) is 13.5. The molecule has 1 saturated heterocycles. The molecule has 1 aliphatic rings. The molecule has 2 N–H and O–H groups in total. The molecule has 92 valence electrons. The van der Waals surface area contributed by atoms with Crippen LogP contribution in [0, 0.1) is 5.92 Å². The summed E-state index contributed by atoms with van der Waals surface area (Å²) in [5.74, 6) is 0.725. The molecule has 0 saturated carbocycles. The number of likely N-dealkylation sites (tertiary alicyclic amines) is 1. The first-order valence-corrected chi connectivity index (χ1v) is 6.12. The zero-order chi connectivity index (χ0) is 11.8. The molecular weight excluding hydrogens is 202 g/mol. The Kier molecular flexibility index (Phi) is 5.93. The normalized spacial score (nSPS) is 17.2. The number of carbonyl (C=O) groups is 1. The zero-order valence-electron chi connectivity index (χ0n) is 10.2. The molecule has 16 heavy (non-hydrogen) atoms. The van der Waals surface area contributed by atoms with Crippen LogP contribution in [0.3, 0.4) is 0 Å². The molecule has 1 fully saturated rings. The quantitative estimate of drug-likeness (QED) is 0.691. The number of carbonyl (C=O) groups excluding carboxylic acids is 1. The van der Waals surface area contributed by atoms with E-state index >= 15 is 0 Å². The van der Waals surface area contributed by atoms with Crippen LogP contribution in [0.1, 0.15) is 19.8 Å². The Morgan fingerprint density at radius 2 is 2.19 bits per heavy atom. The van der Waals surface area contributed by atoms with E-state index in [1.807, 2.05) is 4.90 Å². The molecule has 0 radical (unpaired) electrons. The molecule has 0 bridgehead atoms. The van der Waals surface area contributed by atoms with Gasteiger partial charge < -0.3 is 15.5 Å². The number of piperidine rings is 1. The monoisotopic (exact) mass is 225 g/mol. The first kappa shape index (κ1) is 13.0. The first-order chi connectivity index (χ1) is 7.77. The van der Waals surface area contributed by atoms with E-state index < -0.39 is 0 Å². The zero-order valence-corrected chi connectivity index (χ0v) is 10.2. The van der Waals surface area contributed by atoms with Crippen molar-refractivity contribution in [3.05, 3.63) is 12.7 Å². The third kappa shape index (κ3) is 4.23. The summed E-state index contributed by atoms with van der Waals surface area (Å²) in [6, 6.07) is 0.0433. The Hall–Kier alpha value is -1.03. The maximum absolute atomic E-state index is 11.6. The maximum atomic E-state index is 11.6. The summed E-state index contributed by atoms with van der Waals surface area (Å²) in [5.41, 5.74) is 0. The lowest BCUT2D eigenvalue weighted by Crippen LogP contribution is -2.45. The third-order valence-corrected chi connectivity index (χ3v) is 2.98. The molecular formula is C12H23N3O. The van der Waals surface area contributed by atoms with Crippen LogP contribution in [0.4, 0.5) is 4.79 Å². The average molecular weight is 225 g/mol. The Morgan fingerprint density at radius 1 is 1.50 bits per heavy atom. The van der Waals surface area contributed by atoms with E-state index in [9.17, 15) is 4.79 Å². The van der Waals surface area contributed by atoms with E-state index in [-0.39, 0.29) is 6.03 Å². The average Bonchev–Trinajstić information content (AvgIpc) is 2.34. The van der Waals surface area contributed by atoms with Crippen molar-refractivity contribution in [2.45, 2.75) is 19.8 Å². The summed E-state index contributed by atoms with van der Waals surface area (Å²) >= 11 is 0. The van der Waals surface area contributed by atoms with Gasteiger partial charge in [0.15, 0.2) is 0 Å². The van der Waals surface area contributed by atoms with Crippen LogP contribution < -0.4 is 10.6 Å². The lowest BCUT2D eigenvalue weighted by molar-refractivity contribution is 0.171. The van der Waals surface area contributed by atoms with Gasteiger partial charge >= 0.3 is 6.03 Å². The SMILES string of the molecule is C=CCNC(=O)N1CCC(CNCC)CC1. The molecule has 1 rings (SSSR count). The van der Waals surface area contributed by atoms with Crippen molar-refractivity contribution in [1.82, 2.24) is 15.5 Å². The van der Waals surface area contributed by atoms with Crippen LogP contribution in [0.2, 0.25) is 0 Å². The van der Waals surface area contributed by atoms with Crippen LogP contribution >= 0.6 is 0 Å². The van der Waals surface area contributed by atoms with Crippen LogP contribution in [0.25, 0.3) is 0 Å². The van der Waals surface area contributed by atoms with Gasteiger partial charge in [-0.05, 0) is 31.8 Å². The second-order valence-electron chi connectivity index (χ2n) is 4.21. The number of hydrogen-bond donors (Lipinski definition) is 2. The highest BCUT2D eigenvalue weighted by Gasteiger charge is 2.21. The highest BCUT2D eigenvalue weighted by molar-refractivity contribution is 5.74. The van der Waals surface area contributed by atoms with Crippen LogP contribution in [-0.4, -0.2) is 43.7 Å². The van der Waals surface area contributed by atoms with E-state index in [1.54, 1.807) is 6.08 Å². The maximum Gasteiger partial charge on any atom is 0.317 e. The molecule has 0 aliphatic carbocycles. The second kappa shape index (κ2) is 7.28. The molecule has 2 amide bonds. The molecule has 0 aromatic carbocycles. The van der Waals surface area contributed by atoms with Gasteiger partial charge in [-0.3, -0.25) is 0 Å². The van der Waals surface area contributed by atoms with Crippen molar-refractivity contribution < 1.29 is 4.79 Å². The standard InChI is InChI=1S/C12H23N3O/c1-3-7-14-12(16)15-8-5-11(6-9-15)10-13-4-2/h3,11,13H,1,4-10H2,2H3,(H,14,16). The fourth-order valence-electron chi connectivity index (χ4n) is 1.96. The number of rotatable bonds is 5. The minimum absolute atomic E-state index is 0.0433. The van der Waals surface area contributed by atoms with Gasteiger partial charge in [-0.2, -0.15) is 0 Å². The number of amides is 2. The molecule has 0 atom stereocenters. The summed E-state index contributed by atoms with van der Waals surface area (Å²) in [6.45, 7) is 10.1. The number of nitrogens with one attached hydrogen (secondary N) is 2. The van der Waals surface area contributed by atoms with Crippen LogP contribution in [0.15, 0.2) is 12.7 Å². The Bertz CT molecular complexity index is 222. The summed E-state index contributed by atoms with van der Waals surface area (Å²) in [7, 11) is 0. The van der Waals surface area contributed by atoms with Crippen molar-refractivity contribution in [2.24, 2.45) is 5.92 Å². The van der Waals surface area contributed by atoms with Crippen LogP contribution in [0.5, 0.6) is 0 Å².